The third-order valence-corrected chi connectivity index (χ3v) is 6.91. The highest BCUT2D eigenvalue weighted by molar-refractivity contribution is 7.15. The second-order valence-corrected chi connectivity index (χ2v) is 11.3. The minimum Gasteiger partial charge on any atom is -0.444 e. The first-order valence-corrected chi connectivity index (χ1v) is 12.4. The Morgan fingerprint density at radius 2 is 2.06 bits per heavy atom. The first kappa shape index (κ1) is 24.2. The predicted molar refractivity (Wildman–Crippen MR) is 132 cm³/mol. The third-order valence-electron chi connectivity index (χ3n) is 5.88. The monoisotopic (exact) mass is 484 g/mol. The van der Waals surface area contributed by atoms with E-state index in [0.717, 1.165) is 17.7 Å². The Kier molecular flexibility index (Phi) is 6.66. The lowest BCUT2D eigenvalue weighted by atomic mass is 9.96. The summed E-state index contributed by atoms with van der Waals surface area (Å²) < 4.78 is 10.9. The summed E-state index contributed by atoms with van der Waals surface area (Å²) in [6.07, 6.45) is 1.49. The lowest BCUT2D eigenvalue weighted by molar-refractivity contribution is 0.0244. The minimum atomic E-state index is -0.540. The molecular formula is C25H32N4O4S. The molecule has 0 aromatic carbocycles. The van der Waals surface area contributed by atoms with Crippen molar-refractivity contribution in [2.75, 3.05) is 26.7 Å². The van der Waals surface area contributed by atoms with Crippen LogP contribution in [0.25, 0.3) is 21.7 Å². The number of likely N-dealkylation sites (tertiary alicyclic amines) is 1. The molecule has 1 saturated heterocycles. The largest absolute Gasteiger partial charge is 0.444 e. The topological polar surface area (TPSA) is 88.8 Å². The molecule has 3 aromatic heterocycles. The maximum atomic E-state index is 13.7. The summed E-state index contributed by atoms with van der Waals surface area (Å²) >= 11 is 1.63. The smallest absolute Gasteiger partial charge is 0.410 e. The van der Waals surface area contributed by atoms with Gasteiger partial charge in [0.1, 0.15) is 5.60 Å². The SMILES string of the molecule is Cc1ccc(-c2cc(C(=O)N3CCCC(CN(C)C(=O)OC(C)(C)C)C3)c3c(C)noc3n2)s1. The van der Waals surface area contributed by atoms with E-state index in [1.54, 1.807) is 23.3 Å². The molecule has 0 N–H and O–H groups in total. The van der Waals surface area contributed by atoms with Crippen molar-refractivity contribution in [3.8, 4) is 10.6 Å². The van der Waals surface area contributed by atoms with Crippen LogP contribution in [0, 0.1) is 19.8 Å². The highest BCUT2D eigenvalue weighted by Gasteiger charge is 2.30. The molecule has 4 heterocycles. The summed E-state index contributed by atoms with van der Waals surface area (Å²) in [6, 6.07) is 5.90. The number of fused-ring (bicyclic) bond motifs is 1. The summed E-state index contributed by atoms with van der Waals surface area (Å²) in [6.45, 7) is 11.2. The van der Waals surface area contributed by atoms with Crippen molar-refractivity contribution in [3.05, 3.63) is 34.3 Å². The highest BCUT2D eigenvalue weighted by atomic mass is 32.1. The number of carbonyl (C=O) groups excluding carboxylic acids is 2. The Hall–Kier alpha value is -2.94. The van der Waals surface area contributed by atoms with E-state index in [2.05, 4.69) is 10.1 Å². The molecule has 1 atom stereocenters. The van der Waals surface area contributed by atoms with E-state index in [0.29, 0.717) is 47.7 Å². The van der Waals surface area contributed by atoms with Crippen molar-refractivity contribution in [3.63, 3.8) is 0 Å². The fourth-order valence-corrected chi connectivity index (χ4v) is 5.16. The number of aromatic nitrogens is 2. The van der Waals surface area contributed by atoms with Gasteiger partial charge in [-0.1, -0.05) is 5.16 Å². The Labute approximate surface area is 203 Å². The van der Waals surface area contributed by atoms with E-state index in [9.17, 15) is 9.59 Å². The fraction of sp³-hybridized carbons (Fsp3) is 0.520. The van der Waals surface area contributed by atoms with Crippen LogP contribution >= 0.6 is 11.3 Å². The molecule has 1 aliphatic heterocycles. The number of pyridine rings is 1. The van der Waals surface area contributed by atoms with E-state index in [1.807, 2.05) is 57.7 Å². The predicted octanol–water partition coefficient (Wildman–Crippen LogP) is 5.29. The first-order valence-electron chi connectivity index (χ1n) is 11.6. The van der Waals surface area contributed by atoms with Crippen LogP contribution < -0.4 is 0 Å². The number of piperidine rings is 1. The normalized spacial score (nSPS) is 16.6. The van der Waals surface area contributed by atoms with Crippen molar-refractivity contribution < 1.29 is 18.8 Å². The van der Waals surface area contributed by atoms with Crippen LogP contribution in [0.5, 0.6) is 0 Å². The average Bonchev–Trinajstić information content (AvgIpc) is 3.37. The maximum Gasteiger partial charge on any atom is 0.410 e. The van der Waals surface area contributed by atoms with Gasteiger partial charge < -0.3 is 19.1 Å². The lowest BCUT2D eigenvalue weighted by Crippen LogP contribution is -2.45. The van der Waals surface area contributed by atoms with Gasteiger partial charge >= 0.3 is 6.09 Å². The van der Waals surface area contributed by atoms with E-state index in [4.69, 9.17) is 9.26 Å². The molecule has 4 rings (SSSR count). The number of hydrogen-bond acceptors (Lipinski definition) is 7. The van der Waals surface area contributed by atoms with Crippen molar-refractivity contribution in [1.29, 1.82) is 0 Å². The molecule has 2 amide bonds. The molecule has 3 aromatic rings. The average molecular weight is 485 g/mol. The summed E-state index contributed by atoms with van der Waals surface area (Å²) in [5.41, 5.74) is 1.76. The number of thiophene rings is 1. The van der Waals surface area contributed by atoms with Gasteiger partial charge in [-0.3, -0.25) is 4.79 Å². The Morgan fingerprint density at radius 1 is 1.29 bits per heavy atom. The number of ether oxygens (including phenoxy) is 1. The standard InChI is InChI=1S/C25H32N4O4S/c1-15-9-10-20(34-15)19-12-18(21-16(2)27-33-22(21)26-19)23(30)29-11-7-8-17(14-29)13-28(6)24(31)32-25(3,4)5/h9-10,12,17H,7-8,11,13-14H2,1-6H3. The summed E-state index contributed by atoms with van der Waals surface area (Å²) in [5, 5.41) is 4.73. The summed E-state index contributed by atoms with van der Waals surface area (Å²) in [5.74, 6) is 0.119. The zero-order valence-electron chi connectivity index (χ0n) is 20.7. The molecule has 1 fully saturated rings. The van der Waals surface area contributed by atoms with E-state index in [1.165, 1.54) is 4.88 Å². The number of amides is 2. The third kappa shape index (κ3) is 5.24. The Balaban J connectivity index is 1.56. The van der Waals surface area contributed by atoms with E-state index >= 15 is 0 Å². The number of aryl methyl sites for hydroxylation is 2. The van der Waals surface area contributed by atoms with Crippen molar-refractivity contribution in [2.45, 2.75) is 53.1 Å². The van der Waals surface area contributed by atoms with Crippen molar-refractivity contribution >= 4 is 34.4 Å². The van der Waals surface area contributed by atoms with Gasteiger partial charge in [-0.05, 0) is 71.6 Å². The van der Waals surface area contributed by atoms with Gasteiger partial charge in [0.25, 0.3) is 11.6 Å². The van der Waals surface area contributed by atoms with Crippen LogP contribution in [-0.2, 0) is 4.74 Å². The van der Waals surface area contributed by atoms with Gasteiger partial charge in [0.05, 0.1) is 27.2 Å². The molecule has 8 nitrogen and oxygen atoms in total. The van der Waals surface area contributed by atoms with Crippen molar-refractivity contribution in [2.24, 2.45) is 5.92 Å². The van der Waals surface area contributed by atoms with E-state index in [-0.39, 0.29) is 17.9 Å². The summed E-state index contributed by atoms with van der Waals surface area (Å²) in [4.78, 5) is 36.4. The molecule has 0 aliphatic carbocycles. The molecule has 1 aliphatic rings. The van der Waals surface area contributed by atoms with Crippen molar-refractivity contribution in [1.82, 2.24) is 19.9 Å². The van der Waals surface area contributed by atoms with Gasteiger partial charge in [-0.25, -0.2) is 9.78 Å². The van der Waals surface area contributed by atoms with Crippen LogP contribution in [0.3, 0.4) is 0 Å². The van der Waals surface area contributed by atoms with Crippen LogP contribution in [0.4, 0.5) is 4.79 Å². The Morgan fingerprint density at radius 3 is 2.74 bits per heavy atom. The molecule has 9 heteroatoms. The number of nitrogens with zero attached hydrogens (tertiary/aromatic N) is 4. The maximum absolute atomic E-state index is 13.7. The molecule has 182 valence electrons. The molecule has 0 radical (unpaired) electrons. The highest BCUT2D eigenvalue weighted by Crippen LogP contribution is 2.32. The molecule has 1 unspecified atom stereocenters. The van der Waals surface area contributed by atoms with Gasteiger partial charge in [0.2, 0.25) is 0 Å². The van der Waals surface area contributed by atoms with Gasteiger partial charge in [-0.15, -0.1) is 11.3 Å². The van der Waals surface area contributed by atoms with Crippen LogP contribution in [0.2, 0.25) is 0 Å². The molecular weight excluding hydrogens is 452 g/mol. The van der Waals surface area contributed by atoms with Gasteiger partial charge in [0.15, 0.2) is 0 Å². The Bertz CT molecular complexity index is 1210. The van der Waals surface area contributed by atoms with Gasteiger partial charge in [-0.2, -0.15) is 0 Å². The molecule has 0 saturated carbocycles. The molecule has 0 spiro atoms. The first-order chi connectivity index (χ1) is 16.0. The van der Waals surface area contributed by atoms with Crippen LogP contribution in [0.15, 0.2) is 22.7 Å². The summed E-state index contributed by atoms with van der Waals surface area (Å²) in [7, 11) is 1.75. The molecule has 34 heavy (non-hydrogen) atoms. The minimum absolute atomic E-state index is 0.0575. The number of rotatable bonds is 4. The lowest BCUT2D eigenvalue weighted by Gasteiger charge is -2.35. The fourth-order valence-electron chi connectivity index (χ4n) is 4.33. The number of hydrogen-bond donors (Lipinski definition) is 0. The van der Waals surface area contributed by atoms with Gasteiger partial charge in [0, 0.05) is 31.6 Å². The molecule has 0 bridgehead atoms. The quantitative estimate of drug-likeness (QED) is 0.500. The van der Waals surface area contributed by atoms with E-state index < -0.39 is 5.60 Å². The van der Waals surface area contributed by atoms with Crippen LogP contribution in [-0.4, -0.2) is 64.2 Å². The van der Waals surface area contributed by atoms with Crippen LogP contribution in [0.1, 0.15) is 54.5 Å². The zero-order chi connectivity index (χ0) is 24.6. The second-order valence-electron chi connectivity index (χ2n) is 10.0. The zero-order valence-corrected chi connectivity index (χ0v) is 21.5. The second kappa shape index (κ2) is 9.37. The number of carbonyl (C=O) groups is 2.